The van der Waals surface area contributed by atoms with Gasteiger partial charge in [0.05, 0.1) is 0 Å². The third-order valence-corrected chi connectivity index (χ3v) is 5.16. The van der Waals surface area contributed by atoms with Gasteiger partial charge in [-0.15, -0.1) is 0 Å². The summed E-state index contributed by atoms with van der Waals surface area (Å²) in [5.74, 6) is -0.215. The van der Waals surface area contributed by atoms with E-state index in [1.165, 1.54) is 0 Å². The number of aliphatic hydroxyl groups is 1. The van der Waals surface area contributed by atoms with Gasteiger partial charge in [-0.1, -0.05) is 23.7 Å². The van der Waals surface area contributed by atoms with Crippen LogP contribution in [0.5, 0.6) is 0 Å². The minimum absolute atomic E-state index is 0.181. The minimum Gasteiger partial charge on any atom is -0.381 e. The van der Waals surface area contributed by atoms with Crippen molar-refractivity contribution in [1.29, 1.82) is 0 Å². The number of hydrogen-bond acceptors (Lipinski definition) is 3. The molecule has 22 heavy (non-hydrogen) atoms. The Morgan fingerprint density at radius 3 is 2.82 bits per heavy atom. The zero-order valence-corrected chi connectivity index (χ0v) is 13.4. The lowest BCUT2D eigenvalue weighted by Gasteiger charge is -2.45. The number of amides is 1. The molecular weight excluding hydrogens is 302 g/mol. The predicted octanol–water partition coefficient (Wildman–Crippen LogP) is 2.79. The maximum Gasteiger partial charge on any atom is 0.256 e. The van der Waals surface area contributed by atoms with Gasteiger partial charge in [0, 0.05) is 31.3 Å². The first kappa shape index (κ1) is 15.8. The van der Waals surface area contributed by atoms with E-state index in [1.54, 1.807) is 24.3 Å². The van der Waals surface area contributed by atoms with Gasteiger partial charge in [0.2, 0.25) is 0 Å². The highest BCUT2D eigenvalue weighted by Gasteiger charge is 2.39. The van der Waals surface area contributed by atoms with E-state index >= 15 is 0 Å². The molecule has 2 aliphatic rings. The molecule has 1 aromatic carbocycles. The summed E-state index contributed by atoms with van der Waals surface area (Å²) in [7, 11) is 0. The monoisotopic (exact) mass is 323 g/mol. The molecule has 0 unspecified atom stereocenters. The standard InChI is InChI=1S/C17H22ClNO3/c18-14-4-1-3-13(11-14)15(20)16(21)19-8-2-5-17(12-19)6-9-22-10-7-17/h1,3-4,11,15,20H,2,5-10,12H2/t15-/m1/s1. The summed E-state index contributed by atoms with van der Waals surface area (Å²) in [5, 5.41) is 10.9. The Kier molecular flexibility index (Phi) is 4.71. The zero-order valence-electron chi connectivity index (χ0n) is 12.6. The van der Waals surface area contributed by atoms with Crippen molar-refractivity contribution in [3.05, 3.63) is 34.9 Å². The quantitative estimate of drug-likeness (QED) is 0.910. The number of carbonyl (C=O) groups excluding carboxylic acids is 1. The van der Waals surface area contributed by atoms with Crippen LogP contribution in [0.3, 0.4) is 0 Å². The highest BCUT2D eigenvalue weighted by atomic mass is 35.5. The SMILES string of the molecule is O=C([C@H](O)c1cccc(Cl)c1)N1CCCC2(CCOCC2)C1. The largest absolute Gasteiger partial charge is 0.381 e. The van der Waals surface area contributed by atoms with Gasteiger partial charge in [-0.25, -0.2) is 0 Å². The summed E-state index contributed by atoms with van der Waals surface area (Å²) in [5.41, 5.74) is 0.740. The van der Waals surface area contributed by atoms with E-state index in [0.717, 1.165) is 52.0 Å². The second kappa shape index (κ2) is 6.57. The van der Waals surface area contributed by atoms with Crippen molar-refractivity contribution in [2.75, 3.05) is 26.3 Å². The molecule has 1 atom stereocenters. The van der Waals surface area contributed by atoms with Crippen molar-refractivity contribution >= 4 is 17.5 Å². The van der Waals surface area contributed by atoms with E-state index in [9.17, 15) is 9.90 Å². The van der Waals surface area contributed by atoms with E-state index in [4.69, 9.17) is 16.3 Å². The van der Waals surface area contributed by atoms with Gasteiger partial charge in [0.25, 0.3) is 5.91 Å². The molecule has 0 aliphatic carbocycles. The van der Waals surface area contributed by atoms with E-state index in [-0.39, 0.29) is 11.3 Å². The van der Waals surface area contributed by atoms with E-state index < -0.39 is 6.10 Å². The highest BCUT2D eigenvalue weighted by Crippen LogP contribution is 2.39. The minimum atomic E-state index is -1.13. The molecule has 1 aromatic rings. The molecule has 2 heterocycles. The number of ether oxygens (including phenoxy) is 1. The van der Waals surface area contributed by atoms with Crippen LogP contribution in [-0.4, -0.2) is 42.2 Å². The molecule has 1 N–H and O–H groups in total. The number of likely N-dealkylation sites (tertiary alicyclic amines) is 1. The number of aliphatic hydroxyl groups excluding tert-OH is 1. The molecule has 2 fully saturated rings. The van der Waals surface area contributed by atoms with Gasteiger partial charge >= 0.3 is 0 Å². The number of carbonyl (C=O) groups is 1. The molecule has 1 spiro atoms. The molecule has 3 rings (SSSR count). The first-order valence-corrected chi connectivity index (χ1v) is 8.28. The topological polar surface area (TPSA) is 49.8 Å². The van der Waals surface area contributed by atoms with Gasteiger partial charge in [0.1, 0.15) is 0 Å². The summed E-state index contributed by atoms with van der Waals surface area (Å²) >= 11 is 5.95. The molecule has 5 heteroatoms. The first-order chi connectivity index (χ1) is 10.6. The van der Waals surface area contributed by atoms with Crippen molar-refractivity contribution in [2.45, 2.75) is 31.8 Å². The van der Waals surface area contributed by atoms with Crippen LogP contribution in [0.2, 0.25) is 5.02 Å². The summed E-state index contributed by atoms with van der Waals surface area (Å²) in [6, 6.07) is 6.88. The Morgan fingerprint density at radius 1 is 1.32 bits per heavy atom. The normalized spacial score (nSPS) is 22.5. The molecule has 0 aromatic heterocycles. The third-order valence-electron chi connectivity index (χ3n) is 4.92. The van der Waals surface area contributed by atoms with Crippen molar-refractivity contribution in [3.63, 3.8) is 0 Å². The first-order valence-electron chi connectivity index (χ1n) is 7.90. The number of hydrogen-bond donors (Lipinski definition) is 1. The van der Waals surface area contributed by atoms with Crippen LogP contribution in [0.15, 0.2) is 24.3 Å². The van der Waals surface area contributed by atoms with Crippen molar-refractivity contribution < 1.29 is 14.6 Å². The Labute approximate surface area is 136 Å². The summed E-state index contributed by atoms with van der Waals surface area (Å²) in [6.07, 6.45) is 3.02. The molecule has 1 amide bonds. The lowest BCUT2D eigenvalue weighted by molar-refractivity contribution is -0.146. The number of halogens is 1. The zero-order chi connectivity index (χ0) is 15.6. The van der Waals surface area contributed by atoms with Gasteiger partial charge < -0.3 is 14.7 Å². The lowest BCUT2D eigenvalue weighted by Crippen LogP contribution is -2.49. The van der Waals surface area contributed by atoms with Gasteiger partial charge in [0.15, 0.2) is 6.10 Å². The summed E-state index contributed by atoms with van der Waals surface area (Å²) < 4.78 is 5.46. The predicted molar refractivity (Wildman–Crippen MR) is 84.7 cm³/mol. The Hall–Kier alpha value is -1.10. The molecule has 4 nitrogen and oxygen atoms in total. The van der Waals surface area contributed by atoms with Crippen LogP contribution >= 0.6 is 11.6 Å². The Balaban J connectivity index is 1.71. The number of piperidine rings is 1. The number of rotatable bonds is 2. The second-order valence-electron chi connectivity index (χ2n) is 6.43. The molecule has 2 aliphatic heterocycles. The molecule has 2 saturated heterocycles. The van der Waals surface area contributed by atoms with E-state index in [0.29, 0.717) is 10.6 Å². The van der Waals surface area contributed by atoms with Gasteiger partial charge in [-0.05, 0) is 48.8 Å². The van der Waals surface area contributed by atoms with E-state index in [2.05, 4.69) is 0 Å². The van der Waals surface area contributed by atoms with Gasteiger partial charge in [-0.2, -0.15) is 0 Å². The number of benzene rings is 1. The fraction of sp³-hybridized carbons (Fsp3) is 0.588. The number of nitrogens with zero attached hydrogens (tertiary/aromatic N) is 1. The van der Waals surface area contributed by atoms with E-state index in [1.807, 2.05) is 4.90 Å². The van der Waals surface area contributed by atoms with Crippen LogP contribution in [0.4, 0.5) is 0 Å². The highest BCUT2D eigenvalue weighted by molar-refractivity contribution is 6.30. The maximum atomic E-state index is 12.6. The Bertz CT molecular complexity index is 537. The fourth-order valence-corrected chi connectivity index (χ4v) is 3.80. The summed E-state index contributed by atoms with van der Waals surface area (Å²) in [6.45, 7) is 3.00. The van der Waals surface area contributed by atoms with Crippen LogP contribution in [0.25, 0.3) is 0 Å². The van der Waals surface area contributed by atoms with Crippen molar-refractivity contribution in [2.24, 2.45) is 5.41 Å². The van der Waals surface area contributed by atoms with Crippen LogP contribution < -0.4 is 0 Å². The average molecular weight is 324 g/mol. The fourth-order valence-electron chi connectivity index (χ4n) is 3.60. The van der Waals surface area contributed by atoms with Crippen molar-refractivity contribution in [1.82, 2.24) is 4.90 Å². The molecular formula is C17H22ClNO3. The van der Waals surface area contributed by atoms with Crippen molar-refractivity contribution in [3.8, 4) is 0 Å². The molecule has 0 radical (unpaired) electrons. The third kappa shape index (κ3) is 3.29. The second-order valence-corrected chi connectivity index (χ2v) is 6.87. The maximum absolute atomic E-state index is 12.6. The summed E-state index contributed by atoms with van der Waals surface area (Å²) in [4.78, 5) is 14.5. The molecule has 120 valence electrons. The average Bonchev–Trinajstić information content (AvgIpc) is 2.54. The van der Waals surface area contributed by atoms with Crippen LogP contribution in [-0.2, 0) is 9.53 Å². The smallest absolute Gasteiger partial charge is 0.256 e. The lowest BCUT2D eigenvalue weighted by atomic mass is 9.74. The molecule has 0 bridgehead atoms. The van der Waals surface area contributed by atoms with Crippen LogP contribution in [0.1, 0.15) is 37.4 Å². The Morgan fingerprint density at radius 2 is 2.09 bits per heavy atom. The molecule has 0 saturated carbocycles. The van der Waals surface area contributed by atoms with Gasteiger partial charge in [-0.3, -0.25) is 4.79 Å². The van der Waals surface area contributed by atoms with Crippen LogP contribution in [0, 0.1) is 5.41 Å².